The first-order valence-electron chi connectivity index (χ1n) is 9.45. The van der Waals surface area contributed by atoms with Crippen LogP contribution in [0.4, 0.5) is 4.39 Å². The molecule has 1 aliphatic carbocycles. The van der Waals surface area contributed by atoms with Gasteiger partial charge in [-0.1, -0.05) is 42.5 Å². The topological polar surface area (TPSA) is 61.7 Å². The summed E-state index contributed by atoms with van der Waals surface area (Å²) in [5, 5.41) is 11.6. The maximum atomic E-state index is 13.6. The average Bonchev–Trinajstić information content (AvgIpc) is 2.74. The van der Waals surface area contributed by atoms with E-state index in [-0.39, 0.29) is 5.57 Å². The predicted molar refractivity (Wildman–Crippen MR) is 108 cm³/mol. The van der Waals surface area contributed by atoms with Gasteiger partial charge in [-0.2, -0.15) is 0 Å². The molecule has 0 spiro atoms. The Morgan fingerprint density at radius 3 is 2.31 bits per heavy atom. The third-order valence-corrected chi connectivity index (χ3v) is 5.01. The molecule has 0 radical (unpaired) electrons. The first kappa shape index (κ1) is 18.9. The fraction of sp³-hybridized carbons (Fsp3) is 0.167. The van der Waals surface area contributed by atoms with Gasteiger partial charge in [0.25, 0.3) is 0 Å². The van der Waals surface area contributed by atoms with Crippen LogP contribution in [0.5, 0.6) is 5.75 Å². The molecule has 2 aromatic rings. The second-order valence-corrected chi connectivity index (χ2v) is 6.86. The summed E-state index contributed by atoms with van der Waals surface area (Å²) in [6.07, 6.45) is 5.66. The number of ether oxygens (including phenoxy) is 1. The van der Waals surface area contributed by atoms with Gasteiger partial charge in [0.2, 0.25) is 0 Å². The lowest BCUT2D eigenvalue weighted by Crippen LogP contribution is -2.35. The highest BCUT2D eigenvalue weighted by molar-refractivity contribution is 6.13. The molecule has 1 heterocycles. The number of fused-ring (bicyclic) bond motifs is 1. The third kappa shape index (κ3) is 3.90. The lowest BCUT2D eigenvalue weighted by Gasteiger charge is -2.29. The predicted octanol–water partition coefficient (Wildman–Crippen LogP) is 3.64. The van der Waals surface area contributed by atoms with E-state index in [0.29, 0.717) is 12.3 Å². The Labute approximate surface area is 168 Å². The van der Waals surface area contributed by atoms with Crippen molar-refractivity contribution >= 4 is 11.7 Å². The molecule has 4 nitrogen and oxygen atoms in total. The Balaban J connectivity index is 1.62. The number of dihydropyridines is 1. The molecule has 2 aromatic carbocycles. The van der Waals surface area contributed by atoms with Gasteiger partial charge in [-0.05, 0) is 59.5 Å². The molecule has 146 valence electrons. The lowest BCUT2D eigenvalue weighted by atomic mass is 9.84. The maximum absolute atomic E-state index is 13.6. The second-order valence-electron chi connectivity index (χ2n) is 6.86. The monoisotopic (exact) mass is 388 g/mol. The summed E-state index contributed by atoms with van der Waals surface area (Å²) in [7, 11) is 0. The van der Waals surface area contributed by atoms with Crippen molar-refractivity contribution in [1.82, 2.24) is 0 Å². The van der Waals surface area contributed by atoms with Gasteiger partial charge < -0.3 is 14.6 Å². The van der Waals surface area contributed by atoms with Crippen LogP contribution in [0.25, 0.3) is 11.1 Å². The fourth-order valence-electron chi connectivity index (χ4n) is 3.57. The first-order valence-corrected chi connectivity index (χ1v) is 9.45. The summed E-state index contributed by atoms with van der Waals surface area (Å²) in [6.45, 7) is 2.57. The van der Waals surface area contributed by atoms with Crippen LogP contribution in [-0.4, -0.2) is 24.3 Å². The zero-order chi connectivity index (χ0) is 20.4. The normalized spacial score (nSPS) is 20.3. The number of halogens is 1. The molecule has 4 rings (SSSR count). The number of allylic oxidation sites excluding steroid dienone is 3. The standard InChI is InChI=1S/C24H20FNO3/c1-2-29-19-10-7-16(8-11-19)15-3-5-17(6-4-15)23-14-21(24(27)28)20-13-18(25)9-12-22(20)26-23/h3-14,20,22H,2H2,1H3,(H,27,28)/p-1. The van der Waals surface area contributed by atoms with Crippen LogP contribution in [-0.2, 0) is 4.79 Å². The molecule has 0 fully saturated rings. The highest BCUT2D eigenvalue weighted by Crippen LogP contribution is 2.32. The minimum Gasteiger partial charge on any atom is -0.545 e. The number of benzene rings is 2. The van der Waals surface area contributed by atoms with E-state index in [2.05, 4.69) is 4.99 Å². The van der Waals surface area contributed by atoms with E-state index in [4.69, 9.17) is 4.74 Å². The van der Waals surface area contributed by atoms with Gasteiger partial charge in [0.05, 0.1) is 24.3 Å². The molecular formula is C24H19FNO3-. The molecule has 0 saturated carbocycles. The molecule has 1 aliphatic heterocycles. The summed E-state index contributed by atoms with van der Waals surface area (Å²) in [5.41, 5.74) is 3.45. The second kappa shape index (κ2) is 7.87. The van der Waals surface area contributed by atoms with Crippen molar-refractivity contribution in [3.63, 3.8) is 0 Å². The van der Waals surface area contributed by atoms with Crippen LogP contribution in [0, 0.1) is 5.92 Å². The molecule has 0 bridgehead atoms. The maximum Gasteiger partial charge on any atom is 0.119 e. The number of aliphatic imine (C=N–C) groups is 1. The van der Waals surface area contributed by atoms with E-state index in [1.165, 1.54) is 18.2 Å². The summed E-state index contributed by atoms with van der Waals surface area (Å²) < 4.78 is 19.0. The third-order valence-electron chi connectivity index (χ3n) is 5.01. The highest BCUT2D eigenvalue weighted by Gasteiger charge is 2.29. The zero-order valence-corrected chi connectivity index (χ0v) is 15.8. The van der Waals surface area contributed by atoms with Gasteiger partial charge in [-0.3, -0.25) is 4.99 Å². The summed E-state index contributed by atoms with van der Waals surface area (Å²) in [6, 6.07) is 15.1. The smallest absolute Gasteiger partial charge is 0.119 e. The summed E-state index contributed by atoms with van der Waals surface area (Å²) in [4.78, 5) is 16.2. The zero-order valence-electron chi connectivity index (χ0n) is 15.8. The fourth-order valence-corrected chi connectivity index (χ4v) is 3.57. The summed E-state index contributed by atoms with van der Waals surface area (Å²) in [5.74, 6) is -1.59. The van der Waals surface area contributed by atoms with Gasteiger partial charge in [-0.15, -0.1) is 0 Å². The molecule has 5 heteroatoms. The van der Waals surface area contributed by atoms with Crippen LogP contribution < -0.4 is 9.84 Å². The van der Waals surface area contributed by atoms with Gasteiger partial charge >= 0.3 is 0 Å². The number of carboxylic acid groups (broad SMARTS) is 1. The van der Waals surface area contributed by atoms with Gasteiger partial charge in [0.1, 0.15) is 11.6 Å². The van der Waals surface area contributed by atoms with Crippen LogP contribution in [0.1, 0.15) is 12.5 Å². The van der Waals surface area contributed by atoms with Crippen molar-refractivity contribution in [1.29, 1.82) is 0 Å². The molecular weight excluding hydrogens is 369 g/mol. The minimum atomic E-state index is -1.31. The molecule has 0 aromatic heterocycles. The number of carbonyl (C=O) groups excluding carboxylic acids is 1. The largest absolute Gasteiger partial charge is 0.545 e. The number of carbonyl (C=O) groups is 1. The summed E-state index contributed by atoms with van der Waals surface area (Å²) >= 11 is 0. The van der Waals surface area contributed by atoms with Crippen molar-refractivity contribution in [2.24, 2.45) is 10.9 Å². The van der Waals surface area contributed by atoms with E-state index in [1.807, 2.05) is 55.5 Å². The molecule has 29 heavy (non-hydrogen) atoms. The van der Waals surface area contributed by atoms with Crippen LogP contribution in [0.2, 0.25) is 0 Å². The Hall–Kier alpha value is -3.47. The van der Waals surface area contributed by atoms with E-state index >= 15 is 0 Å². The molecule has 2 aliphatic rings. The number of hydrogen-bond donors (Lipinski definition) is 0. The number of hydrogen-bond acceptors (Lipinski definition) is 4. The van der Waals surface area contributed by atoms with Crippen molar-refractivity contribution in [3.05, 3.63) is 89.8 Å². The van der Waals surface area contributed by atoms with Crippen molar-refractivity contribution < 1.29 is 19.0 Å². The van der Waals surface area contributed by atoms with Crippen molar-refractivity contribution in [2.45, 2.75) is 13.0 Å². The van der Waals surface area contributed by atoms with Crippen molar-refractivity contribution in [3.8, 4) is 16.9 Å². The van der Waals surface area contributed by atoms with E-state index in [0.717, 1.165) is 22.4 Å². The average molecular weight is 388 g/mol. The van der Waals surface area contributed by atoms with E-state index in [9.17, 15) is 14.3 Å². The molecule has 2 atom stereocenters. The Kier molecular flexibility index (Phi) is 5.12. The molecule has 0 saturated heterocycles. The van der Waals surface area contributed by atoms with E-state index < -0.39 is 23.8 Å². The van der Waals surface area contributed by atoms with Gasteiger partial charge in [0, 0.05) is 5.92 Å². The molecule has 0 amide bonds. The Morgan fingerprint density at radius 1 is 1.07 bits per heavy atom. The van der Waals surface area contributed by atoms with Gasteiger partial charge in [0.15, 0.2) is 0 Å². The number of aliphatic carboxylic acids is 1. The highest BCUT2D eigenvalue weighted by atomic mass is 19.1. The van der Waals surface area contributed by atoms with Crippen LogP contribution >= 0.6 is 0 Å². The SMILES string of the molecule is CCOc1ccc(-c2ccc(C3=NC4C=CC(F)=CC4C(C(=O)[O-])=C3)cc2)cc1. The van der Waals surface area contributed by atoms with Crippen molar-refractivity contribution in [2.75, 3.05) is 6.61 Å². The van der Waals surface area contributed by atoms with Crippen LogP contribution in [0.15, 0.2) is 89.2 Å². The molecule has 2 unspecified atom stereocenters. The number of rotatable bonds is 5. The Bertz CT molecular complexity index is 1050. The van der Waals surface area contributed by atoms with Crippen LogP contribution in [0.3, 0.4) is 0 Å². The lowest BCUT2D eigenvalue weighted by molar-refractivity contribution is -0.299. The Morgan fingerprint density at radius 2 is 1.69 bits per heavy atom. The minimum absolute atomic E-state index is 0.0371. The molecule has 0 N–H and O–H groups in total. The van der Waals surface area contributed by atoms with E-state index in [1.54, 1.807) is 6.08 Å². The quantitative estimate of drug-likeness (QED) is 0.786. The number of nitrogens with zero attached hydrogens (tertiary/aromatic N) is 1. The number of carboxylic acids is 1. The first-order chi connectivity index (χ1) is 14.0. The van der Waals surface area contributed by atoms with Gasteiger partial charge in [-0.25, -0.2) is 4.39 Å².